The van der Waals surface area contributed by atoms with Gasteiger partial charge in [0, 0.05) is 19.0 Å². The Bertz CT molecular complexity index is 325. The van der Waals surface area contributed by atoms with Crippen LogP contribution in [0.4, 0.5) is 0 Å². The Morgan fingerprint density at radius 1 is 1.39 bits per heavy atom. The zero-order valence-corrected chi connectivity index (χ0v) is 11.1. The van der Waals surface area contributed by atoms with E-state index in [1.165, 1.54) is 32.4 Å². The normalized spacial score (nSPS) is 18.7. The van der Waals surface area contributed by atoms with Crippen LogP contribution in [-0.4, -0.2) is 29.7 Å². The summed E-state index contributed by atoms with van der Waals surface area (Å²) < 4.78 is 5.80. The van der Waals surface area contributed by atoms with E-state index >= 15 is 0 Å². The first-order valence-corrected chi connectivity index (χ1v) is 6.94. The van der Waals surface area contributed by atoms with Crippen LogP contribution in [0, 0.1) is 5.92 Å². The van der Waals surface area contributed by atoms with Crippen molar-refractivity contribution in [2.75, 3.05) is 19.7 Å². The highest BCUT2D eigenvalue weighted by Gasteiger charge is 2.13. The van der Waals surface area contributed by atoms with Crippen LogP contribution < -0.4 is 5.32 Å². The van der Waals surface area contributed by atoms with Crippen molar-refractivity contribution < 1.29 is 4.74 Å². The van der Waals surface area contributed by atoms with Crippen LogP contribution in [0.15, 0.2) is 18.6 Å². The van der Waals surface area contributed by atoms with Gasteiger partial charge in [0.05, 0.1) is 18.0 Å². The number of hydrogen-bond acceptors (Lipinski definition) is 4. The van der Waals surface area contributed by atoms with E-state index in [9.17, 15) is 0 Å². The average Bonchev–Trinajstić information content (AvgIpc) is 2.45. The summed E-state index contributed by atoms with van der Waals surface area (Å²) in [4.78, 5) is 8.31. The SMILES string of the molecule is C[C@H](OCCCC1CCNCC1)c1cnccn1. The second kappa shape index (κ2) is 7.44. The van der Waals surface area contributed by atoms with Gasteiger partial charge < -0.3 is 10.1 Å². The van der Waals surface area contributed by atoms with Gasteiger partial charge in [0.25, 0.3) is 0 Å². The summed E-state index contributed by atoms with van der Waals surface area (Å²) in [6.07, 6.45) is 10.3. The van der Waals surface area contributed by atoms with Crippen molar-refractivity contribution in [2.24, 2.45) is 5.92 Å². The Labute approximate surface area is 109 Å². The number of hydrogen-bond donors (Lipinski definition) is 1. The first-order valence-electron chi connectivity index (χ1n) is 6.94. The molecule has 4 nitrogen and oxygen atoms in total. The molecule has 4 heteroatoms. The third-order valence-corrected chi connectivity index (χ3v) is 3.58. The lowest BCUT2D eigenvalue weighted by Gasteiger charge is -2.22. The molecule has 1 saturated heterocycles. The van der Waals surface area contributed by atoms with Gasteiger partial charge in [0.1, 0.15) is 0 Å². The fourth-order valence-electron chi connectivity index (χ4n) is 2.41. The van der Waals surface area contributed by atoms with Gasteiger partial charge in [-0.1, -0.05) is 0 Å². The predicted molar refractivity (Wildman–Crippen MR) is 71.2 cm³/mol. The standard InChI is InChI=1S/C14H23N3O/c1-12(14-11-16-8-9-17-14)18-10-2-3-13-4-6-15-7-5-13/h8-9,11-13,15H,2-7,10H2,1H3/t12-/m0/s1. The molecule has 1 aliphatic heterocycles. The largest absolute Gasteiger partial charge is 0.372 e. The summed E-state index contributed by atoms with van der Waals surface area (Å²) in [6.45, 7) is 5.22. The fourth-order valence-corrected chi connectivity index (χ4v) is 2.41. The first kappa shape index (κ1) is 13.4. The van der Waals surface area contributed by atoms with Gasteiger partial charge in [0.15, 0.2) is 0 Å². The molecule has 0 radical (unpaired) electrons. The van der Waals surface area contributed by atoms with E-state index in [1.807, 2.05) is 6.92 Å². The molecular weight excluding hydrogens is 226 g/mol. The van der Waals surface area contributed by atoms with Gasteiger partial charge in [0.2, 0.25) is 0 Å². The van der Waals surface area contributed by atoms with Gasteiger partial charge in [-0.15, -0.1) is 0 Å². The molecule has 1 aliphatic rings. The molecule has 2 rings (SSSR count). The summed E-state index contributed by atoms with van der Waals surface area (Å²) in [5.41, 5.74) is 0.916. The molecule has 2 heterocycles. The van der Waals surface area contributed by atoms with Crippen molar-refractivity contribution in [2.45, 2.75) is 38.7 Å². The van der Waals surface area contributed by atoms with Crippen molar-refractivity contribution in [3.63, 3.8) is 0 Å². The summed E-state index contributed by atoms with van der Waals surface area (Å²) in [6, 6.07) is 0. The zero-order chi connectivity index (χ0) is 12.6. The minimum atomic E-state index is 0.0479. The van der Waals surface area contributed by atoms with E-state index in [0.717, 1.165) is 24.6 Å². The number of nitrogens with zero attached hydrogens (tertiary/aromatic N) is 2. The van der Waals surface area contributed by atoms with Gasteiger partial charge in [-0.25, -0.2) is 0 Å². The van der Waals surface area contributed by atoms with Crippen LogP contribution in [0.3, 0.4) is 0 Å². The Balaban J connectivity index is 1.60. The topological polar surface area (TPSA) is 47.0 Å². The van der Waals surface area contributed by atoms with E-state index in [-0.39, 0.29) is 6.10 Å². The molecule has 0 bridgehead atoms. The average molecular weight is 249 g/mol. The molecule has 1 aromatic heterocycles. The second-order valence-corrected chi connectivity index (χ2v) is 4.98. The summed E-state index contributed by atoms with van der Waals surface area (Å²) in [5, 5.41) is 3.40. The highest BCUT2D eigenvalue weighted by Crippen LogP contribution is 2.19. The molecule has 0 aliphatic carbocycles. The highest BCUT2D eigenvalue weighted by molar-refractivity contribution is 4.97. The van der Waals surface area contributed by atoms with Crippen LogP contribution in [0.5, 0.6) is 0 Å². The van der Waals surface area contributed by atoms with Crippen molar-refractivity contribution in [3.05, 3.63) is 24.3 Å². The van der Waals surface area contributed by atoms with Crippen LogP contribution >= 0.6 is 0 Å². The van der Waals surface area contributed by atoms with Crippen LogP contribution in [-0.2, 0) is 4.74 Å². The summed E-state index contributed by atoms with van der Waals surface area (Å²) in [7, 11) is 0. The molecule has 1 aromatic rings. The lowest BCUT2D eigenvalue weighted by atomic mass is 9.93. The molecule has 0 aromatic carbocycles. The predicted octanol–water partition coefficient (Wildman–Crippen LogP) is 2.33. The van der Waals surface area contributed by atoms with E-state index in [2.05, 4.69) is 15.3 Å². The monoisotopic (exact) mass is 249 g/mol. The van der Waals surface area contributed by atoms with E-state index in [1.54, 1.807) is 18.6 Å². The molecule has 100 valence electrons. The number of rotatable bonds is 6. The Morgan fingerprint density at radius 3 is 2.94 bits per heavy atom. The minimum Gasteiger partial charge on any atom is -0.372 e. The quantitative estimate of drug-likeness (QED) is 0.786. The second-order valence-electron chi connectivity index (χ2n) is 4.98. The Morgan fingerprint density at radius 2 is 2.22 bits per heavy atom. The fraction of sp³-hybridized carbons (Fsp3) is 0.714. The smallest absolute Gasteiger partial charge is 0.0982 e. The lowest BCUT2D eigenvalue weighted by molar-refractivity contribution is 0.0570. The number of piperidine rings is 1. The molecule has 1 atom stereocenters. The third-order valence-electron chi connectivity index (χ3n) is 3.58. The Hall–Kier alpha value is -1.00. The molecule has 18 heavy (non-hydrogen) atoms. The van der Waals surface area contributed by atoms with Crippen molar-refractivity contribution in [3.8, 4) is 0 Å². The highest BCUT2D eigenvalue weighted by atomic mass is 16.5. The molecule has 1 fully saturated rings. The number of aromatic nitrogens is 2. The zero-order valence-electron chi connectivity index (χ0n) is 11.1. The van der Waals surface area contributed by atoms with Crippen molar-refractivity contribution >= 4 is 0 Å². The van der Waals surface area contributed by atoms with Crippen molar-refractivity contribution in [1.82, 2.24) is 15.3 Å². The van der Waals surface area contributed by atoms with Crippen LogP contribution in [0.2, 0.25) is 0 Å². The molecule has 0 spiro atoms. The third kappa shape index (κ3) is 4.35. The van der Waals surface area contributed by atoms with E-state index in [0.29, 0.717) is 0 Å². The molecule has 1 N–H and O–H groups in total. The molecule has 0 amide bonds. The minimum absolute atomic E-state index is 0.0479. The maximum Gasteiger partial charge on any atom is 0.0982 e. The summed E-state index contributed by atoms with van der Waals surface area (Å²) in [5.74, 6) is 0.890. The van der Waals surface area contributed by atoms with Gasteiger partial charge in [-0.3, -0.25) is 9.97 Å². The maximum absolute atomic E-state index is 5.80. The van der Waals surface area contributed by atoms with E-state index < -0.39 is 0 Å². The van der Waals surface area contributed by atoms with Gasteiger partial charge >= 0.3 is 0 Å². The van der Waals surface area contributed by atoms with Crippen LogP contribution in [0.25, 0.3) is 0 Å². The molecular formula is C14H23N3O. The van der Waals surface area contributed by atoms with Gasteiger partial charge in [-0.05, 0) is 51.6 Å². The van der Waals surface area contributed by atoms with Gasteiger partial charge in [-0.2, -0.15) is 0 Å². The summed E-state index contributed by atoms with van der Waals surface area (Å²) >= 11 is 0. The maximum atomic E-state index is 5.80. The molecule has 0 saturated carbocycles. The number of nitrogens with one attached hydrogen (secondary N) is 1. The molecule has 0 unspecified atom stereocenters. The van der Waals surface area contributed by atoms with Crippen LogP contribution in [0.1, 0.15) is 44.4 Å². The lowest BCUT2D eigenvalue weighted by Crippen LogP contribution is -2.27. The Kier molecular flexibility index (Phi) is 5.55. The van der Waals surface area contributed by atoms with E-state index in [4.69, 9.17) is 4.74 Å². The van der Waals surface area contributed by atoms with Crippen molar-refractivity contribution in [1.29, 1.82) is 0 Å². The number of ether oxygens (including phenoxy) is 1. The first-order chi connectivity index (χ1) is 8.86.